The van der Waals surface area contributed by atoms with Crippen LogP contribution in [0.5, 0.6) is 0 Å². The zero-order valence-electron chi connectivity index (χ0n) is 41.7. The quantitative estimate of drug-likeness (QED) is 0.0435. The monoisotopic (exact) mass is 1030 g/mol. The van der Waals surface area contributed by atoms with E-state index in [0.717, 1.165) is 57.8 Å². The number of hydrogen-bond donors (Lipinski definition) is 12. The average molecular weight is 1030 g/mol. The maximum atomic E-state index is 12.0. The Labute approximate surface area is 414 Å². The first-order valence-corrected chi connectivity index (χ1v) is 25.4. The Morgan fingerprint density at radius 3 is 1.49 bits per heavy atom. The zero-order chi connectivity index (χ0) is 52.3. The van der Waals surface area contributed by atoms with Crippen LogP contribution in [-0.2, 0) is 56.9 Å². The van der Waals surface area contributed by atoms with Crippen molar-refractivity contribution < 1.29 is 118 Å². The molecule has 5 saturated heterocycles. The van der Waals surface area contributed by atoms with Crippen LogP contribution in [0.15, 0.2) is 0 Å². The van der Waals surface area contributed by atoms with Gasteiger partial charge in [-0.1, -0.05) is 64.7 Å². The molecule has 26 atom stereocenters. The van der Waals surface area contributed by atoms with E-state index in [1.165, 1.54) is 27.9 Å². The lowest BCUT2D eigenvalue weighted by atomic mass is 9.95. The van der Waals surface area contributed by atoms with Gasteiger partial charge < -0.3 is 113 Å². The molecule has 5 aliphatic heterocycles. The molecule has 0 aliphatic carbocycles. The van der Waals surface area contributed by atoms with Gasteiger partial charge in [-0.3, -0.25) is 4.79 Å². The minimum atomic E-state index is -1.90. The Morgan fingerprint density at radius 1 is 0.451 bits per heavy atom. The van der Waals surface area contributed by atoms with E-state index in [1.807, 2.05) is 0 Å². The number of methoxy groups -OCH3 is 1. The highest BCUT2D eigenvalue weighted by atomic mass is 16.8. The maximum absolute atomic E-state index is 12.0. The molecule has 0 aromatic rings. The summed E-state index contributed by atoms with van der Waals surface area (Å²) in [5.74, 6) is -0.791. The molecular weight excluding hydrogens is 948 g/mol. The van der Waals surface area contributed by atoms with E-state index in [0.29, 0.717) is 19.3 Å². The van der Waals surface area contributed by atoms with E-state index in [9.17, 15) is 61.0 Å². The third-order valence-electron chi connectivity index (χ3n) is 14.3. The van der Waals surface area contributed by atoms with Crippen LogP contribution in [0.3, 0.4) is 0 Å². The molecule has 0 aromatic carbocycles. The van der Waals surface area contributed by atoms with Crippen molar-refractivity contribution in [2.24, 2.45) is 0 Å². The van der Waals surface area contributed by atoms with Crippen LogP contribution in [-0.4, -0.2) is 241 Å². The second-order valence-electron chi connectivity index (χ2n) is 19.7. The fourth-order valence-electron chi connectivity index (χ4n) is 9.79. The van der Waals surface area contributed by atoms with Gasteiger partial charge in [0.15, 0.2) is 31.5 Å². The Balaban J connectivity index is 1.28. The van der Waals surface area contributed by atoms with Gasteiger partial charge in [-0.25, -0.2) is 0 Å². The summed E-state index contributed by atoms with van der Waals surface area (Å²) in [6, 6.07) is 0. The van der Waals surface area contributed by atoms with Crippen molar-refractivity contribution in [2.75, 3.05) is 13.7 Å². The normalized spacial score (nSPS) is 44.9. The molecule has 26 unspecified atom stereocenters. The van der Waals surface area contributed by atoms with Gasteiger partial charge in [-0.15, -0.1) is 0 Å². The molecule has 24 heteroatoms. The topological polar surface area (TPSA) is 361 Å². The highest BCUT2D eigenvalue weighted by Crippen LogP contribution is 2.37. The van der Waals surface area contributed by atoms with Crippen LogP contribution in [0.4, 0.5) is 0 Å². The lowest BCUT2D eigenvalue weighted by Gasteiger charge is -2.50. The fraction of sp³-hybridized carbons (Fsp3) is 0.979. The number of carboxylic acid groups (broad SMARTS) is 1. The molecule has 0 bridgehead atoms. The van der Waals surface area contributed by atoms with E-state index in [4.69, 9.17) is 57.2 Å². The van der Waals surface area contributed by atoms with Gasteiger partial charge in [0.2, 0.25) is 0 Å². The van der Waals surface area contributed by atoms with Gasteiger partial charge in [-0.2, -0.15) is 0 Å². The lowest BCUT2D eigenvalue weighted by Crippen LogP contribution is -2.67. The molecule has 0 spiro atoms. The zero-order valence-corrected chi connectivity index (χ0v) is 41.7. The molecule has 0 radical (unpaired) electrons. The predicted octanol–water partition coefficient (Wildman–Crippen LogP) is -1.59. The van der Waals surface area contributed by atoms with E-state index >= 15 is 0 Å². The molecule has 0 saturated carbocycles. The Morgan fingerprint density at radius 2 is 0.901 bits per heavy atom. The number of ether oxygens (including phenoxy) is 11. The summed E-state index contributed by atoms with van der Waals surface area (Å²) in [5.41, 5.74) is 0. The third kappa shape index (κ3) is 15.6. The fourth-order valence-corrected chi connectivity index (χ4v) is 9.79. The van der Waals surface area contributed by atoms with Crippen molar-refractivity contribution in [1.29, 1.82) is 0 Å². The number of hydrogen-bond acceptors (Lipinski definition) is 23. The van der Waals surface area contributed by atoms with Crippen molar-refractivity contribution in [1.82, 2.24) is 0 Å². The highest BCUT2D eigenvalue weighted by Gasteiger charge is 2.56. The molecule has 24 nitrogen and oxygen atoms in total. The largest absolute Gasteiger partial charge is 0.481 e. The summed E-state index contributed by atoms with van der Waals surface area (Å²) < 4.78 is 66.1. The van der Waals surface area contributed by atoms with Crippen molar-refractivity contribution in [3.05, 3.63) is 0 Å². The number of aliphatic hydroxyl groups excluding tert-OH is 11. The van der Waals surface area contributed by atoms with Gasteiger partial charge >= 0.3 is 5.97 Å². The van der Waals surface area contributed by atoms with Crippen molar-refractivity contribution >= 4 is 5.97 Å². The predicted molar refractivity (Wildman–Crippen MR) is 242 cm³/mol. The molecule has 5 aliphatic rings. The molecule has 5 heterocycles. The minimum Gasteiger partial charge on any atom is -0.481 e. The van der Waals surface area contributed by atoms with E-state index in [1.54, 1.807) is 6.92 Å². The first-order chi connectivity index (χ1) is 33.7. The van der Waals surface area contributed by atoms with Gasteiger partial charge in [0, 0.05) is 13.5 Å². The Kier molecular flexibility index (Phi) is 24.4. The van der Waals surface area contributed by atoms with E-state index < -0.39 is 166 Å². The summed E-state index contributed by atoms with van der Waals surface area (Å²) in [6.45, 7) is 7.31. The smallest absolute Gasteiger partial charge is 0.303 e. The Bertz CT molecular complexity index is 1540. The lowest BCUT2D eigenvalue weighted by molar-refractivity contribution is -0.400. The number of carboxylic acids is 1. The van der Waals surface area contributed by atoms with Crippen LogP contribution in [0.1, 0.15) is 118 Å². The number of carbonyl (C=O) groups is 1. The van der Waals surface area contributed by atoms with Crippen LogP contribution in [0.25, 0.3) is 0 Å². The van der Waals surface area contributed by atoms with Gasteiger partial charge in [0.05, 0.1) is 37.1 Å². The molecule has 5 fully saturated rings. The molecule has 0 amide bonds. The van der Waals surface area contributed by atoms with Crippen molar-refractivity contribution in [3.63, 3.8) is 0 Å². The molecule has 12 N–H and O–H groups in total. The van der Waals surface area contributed by atoms with Crippen LogP contribution < -0.4 is 0 Å². The van der Waals surface area contributed by atoms with Gasteiger partial charge in [0.25, 0.3) is 0 Å². The first kappa shape index (κ1) is 60.5. The SMILES string of the molecule is CCCCCC(CCCCCCCCCC(=O)O)OC1OC(C)C(O)C(O)C1OC1OC(C)C(OC2OC(C)C(OC3OC(C)C(O)C(O)C3O)C(OC3OC(CO)C(O)C(O)C3OC)C2O)C(O)C1O. The standard InChI is InChI=1S/C47H84O24/c1-7-8-14-17-25(18-15-12-10-9-11-13-16-19-27(49)50)66-47-42(32(55)29(52)22(3)63-47)71-44-36(59)34(57)38(23(4)64-44)68-45-37(60)40(70-46-41(61-6)33(56)30(53)26(20-48)67-46)39(24(5)65-45)69-43-35(58)31(54)28(51)21(2)62-43/h21-26,28-48,51-60H,7-20H2,1-6H3,(H,49,50). The van der Waals surface area contributed by atoms with Crippen LogP contribution in [0, 0.1) is 0 Å². The summed E-state index contributed by atoms with van der Waals surface area (Å²) >= 11 is 0. The molecule has 416 valence electrons. The average Bonchev–Trinajstić information content (AvgIpc) is 3.33. The summed E-state index contributed by atoms with van der Waals surface area (Å²) in [5, 5.41) is 129. The van der Waals surface area contributed by atoms with Gasteiger partial charge in [0.1, 0.15) is 97.7 Å². The number of unbranched alkanes of at least 4 members (excludes halogenated alkanes) is 8. The van der Waals surface area contributed by atoms with Crippen LogP contribution in [0.2, 0.25) is 0 Å². The summed E-state index contributed by atoms with van der Waals surface area (Å²) in [7, 11) is 1.20. The van der Waals surface area contributed by atoms with Crippen molar-refractivity contribution in [2.45, 2.75) is 278 Å². The van der Waals surface area contributed by atoms with E-state index in [2.05, 4.69) is 6.92 Å². The second kappa shape index (κ2) is 28.6. The summed E-state index contributed by atoms with van der Waals surface area (Å²) in [6.07, 6.45) is -27.2. The van der Waals surface area contributed by atoms with E-state index in [-0.39, 0.29) is 12.5 Å². The maximum Gasteiger partial charge on any atom is 0.303 e. The second-order valence-corrected chi connectivity index (χ2v) is 19.7. The van der Waals surface area contributed by atoms with Crippen molar-refractivity contribution in [3.8, 4) is 0 Å². The summed E-state index contributed by atoms with van der Waals surface area (Å²) in [4.78, 5) is 10.8. The third-order valence-corrected chi connectivity index (χ3v) is 14.3. The molecule has 5 rings (SSSR count). The first-order valence-electron chi connectivity index (χ1n) is 25.4. The number of rotatable bonds is 26. The molecular formula is C47H84O24. The Hall–Kier alpha value is -1.41. The highest BCUT2D eigenvalue weighted by molar-refractivity contribution is 5.66. The van der Waals surface area contributed by atoms with Gasteiger partial charge in [-0.05, 0) is 47.0 Å². The number of aliphatic hydroxyl groups is 11. The van der Waals surface area contributed by atoms with Crippen LogP contribution >= 0.6 is 0 Å². The molecule has 0 aromatic heterocycles. The number of aliphatic carboxylic acids is 1. The minimum absolute atomic E-state index is 0.168. The molecule has 71 heavy (non-hydrogen) atoms.